The lowest BCUT2D eigenvalue weighted by molar-refractivity contribution is -0.147. The molecule has 0 bridgehead atoms. The van der Waals surface area contributed by atoms with Crippen LogP contribution in [0.25, 0.3) is 0 Å². The average Bonchev–Trinajstić information content (AvgIpc) is 0.811. The first-order chi connectivity index (χ1) is 46.1. The van der Waals surface area contributed by atoms with Gasteiger partial charge in [-0.3, -0.25) is 19.2 Å². The third-order valence-corrected chi connectivity index (χ3v) is 37.0. The number of benzene rings is 5. The number of hydrogen-bond acceptors (Lipinski definition) is 12. The zero-order valence-corrected chi connectivity index (χ0v) is 64.8. The van der Waals surface area contributed by atoms with Crippen molar-refractivity contribution in [2.45, 2.75) is 238 Å². The molecule has 5 aromatic rings. The summed E-state index contributed by atoms with van der Waals surface area (Å²) in [6, 6.07) is 44.3. The van der Waals surface area contributed by atoms with Gasteiger partial charge in [0.05, 0.1) is 31.0 Å². The van der Waals surface area contributed by atoms with Gasteiger partial charge < -0.3 is 44.2 Å². The summed E-state index contributed by atoms with van der Waals surface area (Å²) in [5.41, 5.74) is 6.45. The molecule has 0 aliphatic carbocycles. The highest BCUT2D eigenvalue weighted by Gasteiger charge is 2.51. The van der Waals surface area contributed by atoms with Gasteiger partial charge in [0.25, 0.3) is 25.0 Å². The third kappa shape index (κ3) is 25.2. The minimum atomic E-state index is -2.50. The molecule has 5 aromatic carbocycles. The summed E-state index contributed by atoms with van der Waals surface area (Å²) in [4.78, 5) is 102. The number of aliphatic carboxylic acids is 2. The number of methoxy groups -OCH3 is 1. The van der Waals surface area contributed by atoms with E-state index in [1.54, 1.807) is 0 Å². The van der Waals surface area contributed by atoms with E-state index in [2.05, 4.69) is 141 Å². The van der Waals surface area contributed by atoms with Gasteiger partial charge in [-0.2, -0.15) is 0 Å². The van der Waals surface area contributed by atoms with Crippen molar-refractivity contribution >= 4 is 72.7 Å². The van der Waals surface area contributed by atoms with E-state index in [1.165, 1.54) is 7.11 Å². The lowest BCUT2D eigenvalue weighted by Gasteiger charge is -2.41. The second-order valence-corrected chi connectivity index (χ2v) is 44.7. The third-order valence-electron chi connectivity index (χ3n) is 19.2. The maximum Gasteiger partial charge on any atom is 0.394 e. The SMILES string of the molecule is CC(C)[Si](OC(=O)N[C@@H](Cc1ccccc1)C(=O)C[C@@H](Cc1ccccc1)C(=O)O)(C(C)C)C(C)C.CC(C)[Si](OC(=O)N[C@@H](Cc1ccccc1)C(=O)O)(C(C)C)C(C)C.COC(=O)[C@@H](CC(=O)[C@H](Cc1ccccc1)NC(=O)O[Si](C(C)C)(C(C)C)C(C)C)Cc1ccccc1. The van der Waals surface area contributed by atoms with Crippen LogP contribution >= 0.6 is 0 Å². The van der Waals surface area contributed by atoms with Crippen LogP contribution < -0.4 is 16.0 Å². The number of hydrogen-bond donors (Lipinski definition) is 5. The van der Waals surface area contributed by atoms with Crippen LogP contribution in [0.4, 0.5) is 14.4 Å². The zero-order valence-electron chi connectivity index (χ0n) is 61.8. The van der Waals surface area contributed by atoms with E-state index in [4.69, 9.17) is 18.0 Å². The van der Waals surface area contributed by atoms with Crippen molar-refractivity contribution in [1.82, 2.24) is 16.0 Å². The molecule has 3 amide bonds. The molecule has 98 heavy (non-hydrogen) atoms. The Morgan fingerprint density at radius 3 is 0.755 bits per heavy atom. The fraction of sp³-hybridized carbons (Fsp3) is 0.513. The number of esters is 1. The van der Waals surface area contributed by atoms with Crippen molar-refractivity contribution in [3.8, 4) is 0 Å². The monoisotopic (exact) mass is 1400 g/mol. The number of ether oxygens (including phenoxy) is 1. The number of nitrogens with one attached hydrogen (secondary N) is 3. The van der Waals surface area contributed by atoms with Gasteiger partial charge in [0.15, 0.2) is 11.6 Å². The summed E-state index contributed by atoms with van der Waals surface area (Å²) in [5.74, 6) is -4.60. The van der Waals surface area contributed by atoms with Gasteiger partial charge in [-0.05, 0) is 103 Å². The van der Waals surface area contributed by atoms with Crippen LogP contribution in [0.2, 0.25) is 49.9 Å². The molecule has 0 unspecified atom stereocenters. The average molecular weight is 1400 g/mol. The van der Waals surface area contributed by atoms with Crippen molar-refractivity contribution in [3.63, 3.8) is 0 Å². The maximum absolute atomic E-state index is 13.6. The van der Waals surface area contributed by atoms with Crippen molar-refractivity contribution < 1.29 is 66.6 Å². The van der Waals surface area contributed by atoms with Gasteiger partial charge in [0.1, 0.15) is 6.04 Å². The highest BCUT2D eigenvalue weighted by Crippen LogP contribution is 2.45. The Morgan fingerprint density at radius 2 is 0.531 bits per heavy atom. The topological polar surface area (TPSA) is 250 Å². The highest BCUT2D eigenvalue weighted by atomic mass is 28.4. The molecule has 0 fully saturated rings. The van der Waals surface area contributed by atoms with E-state index in [9.17, 15) is 48.6 Å². The molecule has 538 valence electrons. The minimum Gasteiger partial charge on any atom is -0.503 e. The van der Waals surface area contributed by atoms with Crippen LogP contribution in [0.3, 0.4) is 0 Å². The van der Waals surface area contributed by atoms with E-state index in [-0.39, 0.29) is 93.5 Å². The maximum atomic E-state index is 13.6. The van der Waals surface area contributed by atoms with Crippen molar-refractivity contribution in [2.24, 2.45) is 11.8 Å². The second kappa shape index (κ2) is 41.0. The highest BCUT2D eigenvalue weighted by molar-refractivity contribution is 6.80. The molecule has 0 aliphatic rings. The standard InChI is InChI=1S/C30H43NO5Si.C29H41NO5Si.C19H31NO4Si/c1-21(2)37(22(3)4,23(5)6)36-30(34)31-27(19-25-16-12-9-13-17-25)28(32)20-26(29(33)35-7)18-24-14-10-8-11-15-24;1-20(2)36(21(3)4,22(5)6)35-29(34)30-26(18-24-15-11-8-12-16-24)27(31)19-25(28(32)33)17-23-13-9-7-10-14-23;1-13(2)25(14(3)4,15(5)6)24-19(23)20-17(18(21)22)12-16-10-8-7-9-11-16/h8-17,21-23,26-27H,18-20H2,1-7H3,(H,31,34);7-16,20-22,25-26H,17-19H2,1-6H3,(H,30,34)(H,32,33);7-11,13-15,17H,12H2,1-6H3,(H,20,23)(H,21,22)/t26-,27+;25-,26+;17-/m110/s1. The summed E-state index contributed by atoms with van der Waals surface area (Å²) in [7, 11) is -6.05. The molecule has 5 rings (SSSR count). The van der Waals surface area contributed by atoms with Gasteiger partial charge in [-0.1, -0.05) is 276 Å². The number of Topliss-reactive ketones (excluding diaryl/α,β-unsaturated/α-hetero) is 2. The number of ketones is 2. The Morgan fingerprint density at radius 1 is 0.316 bits per heavy atom. The molecule has 17 nitrogen and oxygen atoms in total. The van der Waals surface area contributed by atoms with Crippen LogP contribution in [0.1, 0.15) is 165 Å². The molecular formula is C78H115N3O14Si3. The smallest absolute Gasteiger partial charge is 0.394 e. The first-order valence-electron chi connectivity index (χ1n) is 34.9. The van der Waals surface area contributed by atoms with Crippen molar-refractivity contribution in [3.05, 3.63) is 179 Å². The summed E-state index contributed by atoms with van der Waals surface area (Å²) >= 11 is 0. The summed E-state index contributed by atoms with van der Waals surface area (Å²) in [5, 5.41) is 27.5. The molecule has 0 saturated heterocycles. The Bertz CT molecular complexity index is 3180. The van der Waals surface area contributed by atoms with Crippen LogP contribution in [0.15, 0.2) is 152 Å². The minimum absolute atomic E-state index is 0.0412. The van der Waals surface area contributed by atoms with E-state index >= 15 is 0 Å². The summed E-state index contributed by atoms with van der Waals surface area (Å²) in [6.45, 7) is 37.7. The van der Waals surface area contributed by atoms with Gasteiger partial charge >= 0.3 is 36.2 Å². The lowest BCUT2D eigenvalue weighted by atomic mass is 9.90. The Kier molecular flexibility index (Phi) is 35.4. The molecule has 0 heterocycles. The Balaban J connectivity index is 0.000000391. The van der Waals surface area contributed by atoms with Crippen LogP contribution in [-0.2, 0) is 74.1 Å². The van der Waals surface area contributed by atoms with E-state index in [1.807, 2.05) is 152 Å². The normalized spacial score (nSPS) is 13.3. The predicted octanol–water partition coefficient (Wildman–Crippen LogP) is 17.5. The zero-order chi connectivity index (χ0) is 73.7. The molecule has 0 aliphatic heterocycles. The first-order valence-corrected chi connectivity index (χ1v) is 41.3. The van der Waals surface area contributed by atoms with Crippen LogP contribution in [-0.4, -0.2) is 108 Å². The Labute approximate surface area is 588 Å². The molecular weight excluding hydrogens is 1290 g/mol. The lowest BCUT2D eigenvalue weighted by Crippen LogP contribution is -2.53. The largest absolute Gasteiger partial charge is 0.503 e. The van der Waals surface area contributed by atoms with E-state index in [0.29, 0.717) is 12.8 Å². The quantitative estimate of drug-likeness (QED) is 0.0190. The van der Waals surface area contributed by atoms with Crippen molar-refractivity contribution in [1.29, 1.82) is 0 Å². The summed E-state index contributed by atoms with van der Waals surface area (Å²) < 4.78 is 23.4. The Hall–Kier alpha value is -7.69. The van der Waals surface area contributed by atoms with Gasteiger partial charge in [-0.25, -0.2) is 19.2 Å². The number of carboxylic acid groups (broad SMARTS) is 2. The first kappa shape index (κ1) is 84.5. The summed E-state index contributed by atoms with van der Waals surface area (Å²) in [6.07, 6.45) is -0.559. The van der Waals surface area contributed by atoms with Gasteiger partial charge in [-0.15, -0.1) is 0 Å². The number of amides is 3. The molecule has 5 N–H and O–H groups in total. The molecule has 20 heteroatoms. The number of carboxylic acids is 2. The van der Waals surface area contributed by atoms with Gasteiger partial charge in [0.2, 0.25) is 0 Å². The van der Waals surface area contributed by atoms with Crippen LogP contribution in [0, 0.1) is 11.8 Å². The van der Waals surface area contributed by atoms with Crippen molar-refractivity contribution in [2.75, 3.05) is 7.11 Å². The molecule has 5 atom stereocenters. The fourth-order valence-electron chi connectivity index (χ4n) is 14.5. The number of carbonyl (C=O) groups excluding carboxylic acids is 6. The predicted molar refractivity (Wildman–Crippen MR) is 398 cm³/mol. The van der Waals surface area contributed by atoms with Gasteiger partial charge in [0, 0.05) is 19.3 Å². The number of rotatable bonds is 34. The molecule has 0 spiro atoms. The number of carbonyl (C=O) groups is 8. The molecule has 0 saturated carbocycles. The molecule has 0 aromatic heterocycles. The van der Waals surface area contributed by atoms with Crippen LogP contribution in [0.5, 0.6) is 0 Å². The van der Waals surface area contributed by atoms with E-state index in [0.717, 1.165) is 27.8 Å². The molecule has 0 radical (unpaired) electrons. The second-order valence-electron chi connectivity index (χ2n) is 28.6. The fourth-order valence-corrected chi connectivity index (χ4v) is 29.8. The van der Waals surface area contributed by atoms with E-state index < -0.39 is 91.1 Å².